The van der Waals surface area contributed by atoms with Gasteiger partial charge in [0.15, 0.2) is 6.10 Å². The van der Waals surface area contributed by atoms with Gasteiger partial charge in [0, 0.05) is 19.3 Å². The van der Waals surface area contributed by atoms with E-state index in [2.05, 4.69) is 27.7 Å². The Morgan fingerprint density at radius 1 is 0.352 bits per heavy atom. The molecular formula is C48H92O6. The molecule has 0 spiro atoms. The van der Waals surface area contributed by atoms with Gasteiger partial charge in [0.25, 0.3) is 0 Å². The molecule has 0 unspecified atom stereocenters. The molecular weight excluding hydrogens is 673 g/mol. The molecule has 0 aromatic carbocycles. The van der Waals surface area contributed by atoms with Crippen LogP contribution in [0, 0.1) is 5.92 Å². The summed E-state index contributed by atoms with van der Waals surface area (Å²) in [6.45, 7) is 8.96. The third kappa shape index (κ3) is 41.6. The van der Waals surface area contributed by atoms with Crippen molar-refractivity contribution in [1.29, 1.82) is 0 Å². The molecule has 0 aliphatic heterocycles. The van der Waals surface area contributed by atoms with Crippen molar-refractivity contribution < 1.29 is 28.6 Å². The van der Waals surface area contributed by atoms with Gasteiger partial charge in [0.1, 0.15) is 13.2 Å². The van der Waals surface area contributed by atoms with Gasteiger partial charge in [0.2, 0.25) is 0 Å². The standard InChI is InChI=1S/C48H92O6/c1-5-7-9-11-13-15-16-17-18-19-20-21-23-27-31-35-39-46(49)52-42-45(54-48(51)41-37-33-29-22-14-12-10-8-6-2)43-53-47(50)40-36-32-28-25-24-26-30-34-38-44(3)4/h44-45H,5-43H2,1-4H3/t45-/m0/s1. The summed E-state index contributed by atoms with van der Waals surface area (Å²) in [5.41, 5.74) is 0. The SMILES string of the molecule is CCCCCCCCCCCCCCCCCCC(=O)OC[C@@H](COC(=O)CCCCCCCCCCC(C)C)OC(=O)CCCCCCCCCCC. The number of ether oxygens (including phenoxy) is 3. The first-order chi connectivity index (χ1) is 26.4. The smallest absolute Gasteiger partial charge is 0.306 e. The molecule has 0 bridgehead atoms. The lowest BCUT2D eigenvalue weighted by molar-refractivity contribution is -0.167. The number of hydrogen-bond acceptors (Lipinski definition) is 6. The van der Waals surface area contributed by atoms with E-state index in [4.69, 9.17) is 14.2 Å². The van der Waals surface area contributed by atoms with Crippen LogP contribution in [0.2, 0.25) is 0 Å². The minimum absolute atomic E-state index is 0.0639. The average Bonchev–Trinajstić information content (AvgIpc) is 3.15. The number of esters is 3. The van der Waals surface area contributed by atoms with Crippen molar-refractivity contribution in [1.82, 2.24) is 0 Å². The predicted molar refractivity (Wildman–Crippen MR) is 229 cm³/mol. The Morgan fingerprint density at radius 3 is 0.907 bits per heavy atom. The molecule has 0 aromatic heterocycles. The van der Waals surface area contributed by atoms with Crippen molar-refractivity contribution in [3.05, 3.63) is 0 Å². The molecule has 0 saturated heterocycles. The van der Waals surface area contributed by atoms with Gasteiger partial charge in [-0.25, -0.2) is 0 Å². The highest BCUT2D eigenvalue weighted by molar-refractivity contribution is 5.71. The monoisotopic (exact) mass is 765 g/mol. The second-order valence-electron chi connectivity index (χ2n) is 16.9. The maximum absolute atomic E-state index is 12.7. The minimum atomic E-state index is -0.759. The van der Waals surface area contributed by atoms with Crippen LogP contribution in [-0.2, 0) is 28.6 Å². The zero-order valence-corrected chi connectivity index (χ0v) is 36.7. The molecule has 0 aliphatic rings. The summed E-state index contributed by atoms with van der Waals surface area (Å²) in [7, 11) is 0. The third-order valence-electron chi connectivity index (χ3n) is 10.8. The Morgan fingerprint density at radius 2 is 0.611 bits per heavy atom. The summed E-state index contributed by atoms with van der Waals surface area (Å²) in [4.78, 5) is 37.7. The highest BCUT2D eigenvalue weighted by Gasteiger charge is 2.19. The summed E-state index contributed by atoms with van der Waals surface area (Å²) in [6, 6.07) is 0. The van der Waals surface area contributed by atoms with Gasteiger partial charge in [-0.1, -0.05) is 227 Å². The number of unbranched alkanes of at least 4 members (excludes halogenated alkanes) is 30. The van der Waals surface area contributed by atoms with E-state index >= 15 is 0 Å². The molecule has 1 atom stereocenters. The van der Waals surface area contributed by atoms with Crippen LogP contribution in [-0.4, -0.2) is 37.2 Å². The molecule has 0 N–H and O–H groups in total. The van der Waals surface area contributed by atoms with Crippen molar-refractivity contribution in [2.75, 3.05) is 13.2 Å². The van der Waals surface area contributed by atoms with Gasteiger partial charge in [-0.3, -0.25) is 14.4 Å². The van der Waals surface area contributed by atoms with Crippen molar-refractivity contribution in [2.24, 2.45) is 5.92 Å². The van der Waals surface area contributed by atoms with Gasteiger partial charge < -0.3 is 14.2 Å². The fourth-order valence-corrected chi connectivity index (χ4v) is 7.16. The molecule has 320 valence electrons. The lowest BCUT2D eigenvalue weighted by Crippen LogP contribution is -2.30. The Bertz CT molecular complexity index is 811. The Labute approximate surface area is 336 Å². The van der Waals surface area contributed by atoms with Gasteiger partial charge in [-0.05, 0) is 25.2 Å². The molecule has 0 radical (unpaired) electrons. The van der Waals surface area contributed by atoms with Crippen molar-refractivity contribution >= 4 is 17.9 Å². The van der Waals surface area contributed by atoms with E-state index in [0.29, 0.717) is 19.3 Å². The lowest BCUT2D eigenvalue weighted by Gasteiger charge is -2.18. The Balaban J connectivity index is 4.25. The number of hydrogen-bond donors (Lipinski definition) is 0. The molecule has 0 aromatic rings. The first kappa shape index (κ1) is 52.4. The van der Waals surface area contributed by atoms with Crippen LogP contribution < -0.4 is 0 Å². The molecule has 0 saturated carbocycles. The predicted octanol–water partition coefficient (Wildman–Crippen LogP) is 15.1. The lowest BCUT2D eigenvalue weighted by atomic mass is 10.0. The Hall–Kier alpha value is -1.59. The third-order valence-corrected chi connectivity index (χ3v) is 10.8. The fourth-order valence-electron chi connectivity index (χ4n) is 7.16. The highest BCUT2D eigenvalue weighted by Crippen LogP contribution is 2.16. The summed E-state index contributed by atoms with van der Waals surface area (Å²) < 4.78 is 16.7. The summed E-state index contributed by atoms with van der Waals surface area (Å²) in [5, 5.41) is 0. The van der Waals surface area contributed by atoms with E-state index in [1.165, 1.54) is 161 Å². The van der Waals surface area contributed by atoms with Crippen molar-refractivity contribution in [3.63, 3.8) is 0 Å². The van der Waals surface area contributed by atoms with Gasteiger partial charge >= 0.3 is 17.9 Å². The van der Waals surface area contributed by atoms with Crippen LogP contribution in [0.25, 0.3) is 0 Å². The van der Waals surface area contributed by atoms with E-state index in [-0.39, 0.29) is 31.1 Å². The summed E-state index contributed by atoms with van der Waals surface area (Å²) >= 11 is 0. The molecule has 0 fully saturated rings. The van der Waals surface area contributed by atoms with E-state index < -0.39 is 6.10 Å². The molecule has 54 heavy (non-hydrogen) atoms. The second kappa shape index (κ2) is 42.6. The number of rotatable bonds is 43. The van der Waals surface area contributed by atoms with Crippen LogP contribution in [0.5, 0.6) is 0 Å². The maximum Gasteiger partial charge on any atom is 0.306 e. The number of carbonyl (C=O) groups is 3. The van der Waals surface area contributed by atoms with E-state index in [1.54, 1.807) is 0 Å². The molecule has 0 aliphatic carbocycles. The van der Waals surface area contributed by atoms with Crippen LogP contribution in [0.1, 0.15) is 265 Å². The maximum atomic E-state index is 12.7. The zero-order valence-electron chi connectivity index (χ0n) is 36.7. The molecule has 0 amide bonds. The highest BCUT2D eigenvalue weighted by atomic mass is 16.6. The van der Waals surface area contributed by atoms with Crippen LogP contribution in [0.15, 0.2) is 0 Å². The van der Waals surface area contributed by atoms with Gasteiger partial charge in [-0.15, -0.1) is 0 Å². The molecule has 0 rings (SSSR count). The van der Waals surface area contributed by atoms with Gasteiger partial charge in [-0.2, -0.15) is 0 Å². The summed E-state index contributed by atoms with van der Waals surface area (Å²) in [5.74, 6) is -0.0584. The number of carbonyl (C=O) groups excluding carboxylic acids is 3. The molecule has 6 heteroatoms. The topological polar surface area (TPSA) is 78.9 Å². The average molecular weight is 765 g/mol. The van der Waals surface area contributed by atoms with Crippen molar-refractivity contribution in [2.45, 2.75) is 271 Å². The van der Waals surface area contributed by atoms with E-state index in [0.717, 1.165) is 63.7 Å². The van der Waals surface area contributed by atoms with Crippen LogP contribution >= 0.6 is 0 Å². The zero-order chi connectivity index (χ0) is 39.6. The van der Waals surface area contributed by atoms with E-state index in [9.17, 15) is 14.4 Å². The Kier molecular flexibility index (Phi) is 41.3. The second-order valence-corrected chi connectivity index (χ2v) is 16.9. The normalized spacial score (nSPS) is 11.9. The molecule has 0 heterocycles. The minimum Gasteiger partial charge on any atom is -0.462 e. The van der Waals surface area contributed by atoms with Crippen LogP contribution in [0.3, 0.4) is 0 Å². The largest absolute Gasteiger partial charge is 0.462 e. The van der Waals surface area contributed by atoms with Gasteiger partial charge in [0.05, 0.1) is 0 Å². The quantitative estimate of drug-likeness (QED) is 0.0349. The fraction of sp³-hybridized carbons (Fsp3) is 0.938. The first-order valence-corrected chi connectivity index (χ1v) is 23.9. The first-order valence-electron chi connectivity index (χ1n) is 23.9. The molecule has 6 nitrogen and oxygen atoms in total. The van der Waals surface area contributed by atoms with Crippen molar-refractivity contribution in [3.8, 4) is 0 Å². The van der Waals surface area contributed by atoms with Crippen LogP contribution in [0.4, 0.5) is 0 Å². The summed E-state index contributed by atoms with van der Waals surface area (Å²) in [6.07, 6.45) is 42.4. The van der Waals surface area contributed by atoms with E-state index in [1.807, 2.05) is 0 Å².